The van der Waals surface area contributed by atoms with Crippen LogP contribution in [0.1, 0.15) is 17.5 Å². The standard InChI is InChI=1S/C17H12O5S/c18-16-21-14-11-17(22-16,13-9-5-2-6-10-13)23(19,20)15(14)12-7-3-1-4-8-12/h1-10H,11H2. The molecule has 6 heteroatoms. The van der Waals surface area contributed by atoms with E-state index in [2.05, 4.69) is 0 Å². The Kier molecular flexibility index (Phi) is 2.86. The second-order valence-corrected chi connectivity index (χ2v) is 7.45. The van der Waals surface area contributed by atoms with Gasteiger partial charge in [0.05, 0.1) is 6.42 Å². The fourth-order valence-electron chi connectivity index (χ4n) is 3.04. The molecule has 1 atom stereocenters. The molecule has 1 saturated heterocycles. The summed E-state index contributed by atoms with van der Waals surface area (Å²) in [6, 6.07) is 17.1. The average molecular weight is 328 g/mol. The Labute approximate surface area is 133 Å². The molecule has 0 amide bonds. The number of carbonyl (C=O) groups is 1. The lowest BCUT2D eigenvalue weighted by Gasteiger charge is -2.30. The number of fused-ring (bicyclic) bond motifs is 2. The van der Waals surface area contributed by atoms with Crippen molar-refractivity contribution in [1.29, 1.82) is 0 Å². The number of sulfone groups is 1. The molecular formula is C17H12O5S. The quantitative estimate of drug-likeness (QED) is 0.792. The Morgan fingerprint density at radius 3 is 2.17 bits per heavy atom. The van der Waals surface area contributed by atoms with Crippen LogP contribution in [0.5, 0.6) is 0 Å². The number of ether oxygens (including phenoxy) is 2. The summed E-state index contributed by atoms with van der Waals surface area (Å²) in [7, 11) is -3.95. The summed E-state index contributed by atoms with van der Waals surface area (Å²) in [4.78, 5) is 10.1. The predicted molar refractivity (Wildman–Crippen MR) is 82.6 cm³/mol. The topological polar surface area (TPSA) is 69.7 Å². The maximum atomic E-state index is 13.2. The zero-order chi connectivity index (χ0) is 16.1. The van der Waals surface area contributed by atoms with Crippen LogP contribution in [0.15, 0.2) is 66.4 Å². The molecule has 2 aliphatic heterocycles. The fraction of sp³-hybridized carbons (Fsp3) is 0.118. The number of benzene rings is 2. The highest BCUT2D eigenvalue weighted by Crippen LogP contribution is 2.54. The molecule has 2 heterocycles. The van der Waals surface area contributed by atoms with Crippen LogP contribution in [0.2, 0.25) is 0 Å². The molecule has 2 aromatic rings. The molecule has 116 valence electrons. The second kappa shape index (κ2) is 4.70. The third kappa shape index (κ3) is 1.85. The molecule has 2 bridgehead atoms. The average Bonchev–Trinajstić information content (AvgIpc) is 2.72. The van der Waals surface area contributed by atoms with Crippen molar-refractivity contribution in [2.75, 3.05) is 0 Å². The van der Waals surface area contributed by atoms with Gasteiger partial charge in [0.25, 0.3) is 4.93 Å². The van der Waals surface area contributed by atoms with E-state index in [4.69, 9.17) is 9.47 Å². The van der Waals surface area contributed by atoms with E-state index in [0.29, 0.717) is 11.1 Å². The van der Waals surface area contributed by atoms with Crippen molar-refractivity contribution in [3.05, 3.63) is 77.5 Å². The minimum absolute atomic E-state index is 0.0185. The van der Waals surface area contributed by atoms with Crippen molar-refractivity contribution in [3.63, 3.8) is 0 Å². The molecule has 1 fully saturated rings. The van der Waals surface area contributed by atoms with Gasteiger partial charge in [-0.05, 0) is 5.56 Å². The van der Waals surface area contributed by atoms with Crippen molar-refractivity contribution in [2.24, 2.45) is 0 Å². The molecule has 23 heavy (non-hydrogen) atoms. The van der Waals surface area contributed by atoms with Crippen LogP contribution < -0.4 is 0 Å². The monoisotopic (exact) mass is 328 g/mol. The summed E-state index contributed by atoms with van der Waals surface area (Å²) in [5.41, 5.74) is 0.902. The third-order valence-corrected chi connectivity index (χ3v) is 6.39. The zero-order valence-corrected chi connectivity index (χ0v) is 12.7. The molecule has 0 aromatic heterocycles. The van der Waals surface area contributed by atoms with E-state index in [-0.39, 0.29) is 17.1 Å². The van der Waals surface area contributed by atoms with Crippen molar-refractivity contribution >= 4 is 20.9 Å². The summed E-state index contributed by atoms with van der Waals surface area (Å²) >= 11 is 0. The van der Waals surface area contributed by atoms with Crippen molar-refractivity contribution in [1.82, 2.24) is 0 Å². The zero-order valence-electron chi connectivity index (χ0n) is 11.9. The smallest absolute Gasteiger partial charge is 0.405 e. The minimum atomic E-state index is -3.95. The maximum Gasteiger partial charge on any atom is 0.515 e. The molecule has 0 N–H and O–H groups in total. The summed E-state index contributed by atoms with van der Waals surface area (Å²) in [6.07, 6.45) is -1.01. The molecule has 0 saturated carbocycles. The van der Waals surface area contributed by atoms with Gasteiger partial charge in [-0.25, -0.2) is 13.2 Å². The van der Waals surface area contributed by atoms with Gasteiger partial charge in [-0.2, -0.15) is 0 Å². The first kappa shape index (κ1) is 14.0. The Morgan fingerprint density at radius 2 is 1.52 bits per heavy atom. The van der Waals surface area contributed by atoms with Crippen LogP contribution >= 0.6 is 0 Å². The van der Waals surface area contributed by atoms with E-state index in [1.165, 1.54) is 0 Å². The minimum Gasteiger partial charge on any atom is -0.405 e. The summed E-state index contributed by atoms with van der Waals surface area (Å²) in [6.45, 7) is 0. The van der Waals surface area contributed by atoms with Gasteiger partial charge < -0.3 is 9.47 Å². The van der Waals surface area contributed by atoms with Crippen LogP contribution in [0.4, 0.5) is 4.79 Å². The van der Waals surface area contributed by atoms with Crippen LogP contribution in [-0.2, 0) is 24.2 Å². The summed E-state index contributed by atoms with van der Waals surface area (Å²) in [5.74, 6) is 0.135. The Bertz CT molecular complexity index is 916. The first-order chi connectivity index (χ1) is 11.0. The highest BCUT2D eigenvalue weighted by molar-refractivity contribution is 8.01. The van der Waals surface area contributed by atoms with E-state index in [0.717, 1.165) is 0 Å². The Balaban J connectivity index is 1.98. The highest BCUT2D eigenvalue weighted by Gasteiger charge is 2.61. The molecule has 0 aliphatic carbocycles. The molecule has 2 aliphatic rings. The van der Waals surface area contributed by atoms with E-state index in [1.54, 1.807) is 60.7 Å². The maximum absolute atomic E-state index is 13.2. The molecule has 0 spiro atoms. The third-order valence-electron chi connectivity index (χ3n) is 4.05. The number of rotatable bonds is 2. The van der Waals surface area contributed by atoms with Gasteiger partial charge in [-0.15, -0.1) is 0 Å². The van der Waals surface area contributed by atoms with Crippen molar-refractivity contribution < 1.29 is 22.7 Å². The fourth-order valence-corrected chi connectivity index (χ4v) is 5.18. The first-order valence-electron chi connectivity index (χ1n) is 7.04. The second-order valence-electron chi connectivity index (χ2n) is 5.37. The van der Waals surface area contributed by atoms with Crippen LogP contribution in [0.3, 0.4) is 0 Å². The highest BCUT2D eigenvalue weighted by atomic mass is 32.2. The lowest BCUT2D eigenvalue weighted by Crippen LogP contribution is -2.39. The van der Waals surface area contributed by atoms with Gasteiger partial charge in [0, 0.05) is 5.56 Å². The number of carbonyl (C=O) groups excluding carboxylic acids is 1. The normalized spacial score (nSPS) is 25.0. The Hall–Kier alpha value is -2.60. The number of hydrogen-bond acceptors (Lipinski definition) is 5. The van der Waals surface area contributed by atoms with Crippen LogP contribution in [0.25, 0.3) is 4.91 Å². The first-order valence-corrected chi connectivity index (χ1v) is 8.52. The van der Waals surface area contributed by atoms with Crippen molar-refractivity contribution in [3.8, 4) is 0 Å². The van der Waals surface area contributed by atoms with Crippen LogP contribution in [0, 0.1) is 0 Å². The largest absolute Gasteiger partial charge is 0.515 e. The number of hydrogen-bond donors (Lipinski definition) is 0. The van der Waals surface area contributed by atoms with Gasteiger partial charge in [-0.1, -0.05) is 60.7 Å². The van der Waals surface area contributed by atoms with E-state index in [9.17, 15) is 13.2 Å². The van der Waals surface area contributed by atoms with Gasteiger partial charge in [0.15, 0.2) is 0 Å². The van der Waals surface area contributed by atoms with Gasteiger partial charge in [0.2, 0.25) is 9.84 Å². The van der Waals surface area contributed by atoms with E-state index < -0.39 is 20.9 Å². The van der Waals surface area contributed by atoms with Gasteiger partial charge in [0.1, 0.15) is 10.7 Å². The summed E-state index contributed by atoms with van der Waals surface area (Å²) in [5, 5.41) is 0. The molecule has 4 rings (SSSR count). The van der Waals surface area contributed by atoms with Crippen molar-refractivity contribution in [2.45, 2.75) is 11.4 Å². The SMILES string of the molecule is O=C1OC2=C(c3ccccc3)S(=O)(=O)C(c3ccccc3)(C2)O1. The van der Waals surface area contributed by atoms with Gasteiger partial charge in [-0.3, -0.25) is 0 Å². The lowest BCUT2D eigenvalue weighted by molar-refractivity contribution is -0.0135. The molecule has 5 nitrogen and oxygen atoms in total. The Morgan fingerprint density at radius 1 is 0.913 bits per heavy atom. The summed E-state index contributed by atoms with van der Waals surface area (Å²) < 4.78 is 36.7. The molecule has 1 unspecified atom stereocenters. The molecule has 0 radical (unpaired) electrons. The predicted octanol–water partition coefficient (Wildman–Crippen LogP) is 3.19. The van der Waals surface area contributed by atoms with Crippen LogP contribution in [-0.4, -0.2) is 14.6 Å². The molecular weight excluding hydrogens is 316 g/mol. The lowest BCUT2D eigenvalue weighted by atomic mass is 10.0. The van der Waals surface area contributed by atoms with E-state index >= 15 is 0 Å². The molecule has 2 aromatic carbocycles. The van der Waals surface area contributed by atoms with E-state index in [1.807, 2.05) is 0 Å². The van der Waals surface area contributed by atoms with Gasteiger partial charge >= 0.3 is 6.16 Å².